The van der Waals surface area contributed by atoms with Gasteiger partial charge in [0.1, 0.15) is 11.5 Å². The summed E-state index contributed by atoms with van der Waals surface area (Å²) in [6.07, 6.45) is 2.48. The smallest absolute Gasteiger partial charge is 0.194 e. The fraction of sp³-hybridized carbons (Fsp3) is 0.526. The van der Waals surface area contributed by atoms with Crippen molar-refractivity contribution in [3.8, 4) is 11.5 Å². The highest BCUT2D eigenvalue weighted by Crippen LogP contribution is 2.29. The molecule has 24 heavy (non-hydrogen) atoms. The van der Waals surface area contributed by atoms with Gasteiger partial charge in [-0.1, -0.05) is 6.92 Å². The minimum absolute atomic E-state index is 0.0664. The van der Waals surface area contributed by atoms with Crippen LogP contribution in [0.5, 0.6) is 11.5 Å². The first-order valence-corrected chi connectivity index (χ1v) is 8.53. The van der Waals surface area contributed by atoms with Crippen molar-refractivity contribution in [2.24, 2.45) is 5.92 Å². The molecule has 5 heteroatoms. The second-order valence-electron chi connectivity index (χ2n) is 6.79. The Hall–Kier alpha value is -2.01. The van der Waals surface area contributed by atoms with Gasteiger partial charge in [-0.3, -0.25) is 9.69 Å². The van der Waals surface area contributed by atoms with Crippen molar-refractivity contribution in [3.63, 3.8) is 0 Å². The number of pyridine rings is 1. The van der Waals surface area contributed by atoms with Crippen molar-refractivity contribution in [2.45, 2.75) is 33.2 Å². The number of aromatic nitrogens is 1. The van der Waals surface area contributed by atoms with Crippen LogP contribution in [0.3, 0.4) is 0 Å². The molecule has 0 unspecified atom stereocenters. The Morgan fingerprint density at radius 1 is 1.29 bits per heavy atom. The predicted molar refractivity (Wildman–Crippen MR) is 96.1 cm³/mol. The van der Waals surface area contributed by atoms with Gasteiger partial charge in [0, 0.05) is 30.4 Å². The Kier molecular flexibility index (Phi) is 4.81. The predicted octanol–water partition coefficient (Wildman–Crippen LogP) is 3.09. The first kappa shape index (κ1) is 16.8. The number of aryl methyl sites for hydroxylation is 1. The van der Waals surface area contributed by atoms with Crippen molar-refractivity contribution >= 4 is 10.9 Å². The number of likely N-dealkylation sites (tertiary alicyclic amines) is 1. The lowest BCUT2D eigenvalue weighted by Gasteiger charge is -2.31. The fourth-order valence-electron chi connectivity index (χ4n) is 3.62. The van der Waals surface area contributed by atoms with Crippen LogP contribution in [0.2, 0.25) is 0 Å². The number of hydrogen-bond donors (Lipinski definition) is 1. The molecule has 3 rings (SSSR count). The van der Waals surface area contributed by atoms with Gasteiger partial charge in [-0.15, -0.1) is 0 Å². The summed E-state index contributed by atoms with van der Waals surface area (Å²) in [5.74, 6) is 1.95. The van der Waals surface area contributed by atoms with E-state index in [1.54, 1.807) is 26.4 Å². The Bertz CT molecular complexity index is 797. The van der Waals surface area contributed by atoms with Crippen LogP contribution in [-0.4, -0.2) is 37.2 Å². The minimum atomic E-state index is 0.0664. The van der Waals surface area contributed by atoms with Gasteiger partial charge in [-0.2, -0.15) is 0 Å². The van der Waals surface area contributed by atoms with E-state index in [1.165, 1.54) is 12.8 Å². The molecule has 1 N–H and O–H groups in total. The molecule has 0 aliphatic carbocycles. The second kappa shape index (κ2) is 6.85. The van der Waals surface area contributed by atoms with Crippen LogP contribution in [0.1, 0.15) is 31.0 Å². The lowest BCUT2D eigenvalue weighted by Crippen LogP contribution is -2.35. The average Bonchev–Trinajstić information content (AvgIpc) is 2.58. The summed E-state index contributed by atoms with van der Waals surface area (Å²) >= 11 is 0. The molecule has 1 saturated heterocycles. The van der Waals surface area contributed by atoms with E-state index in [0.29, 0.717) is 29.3 Å². The molecule has 0 spiro atoms. The molecular weight excluding hydrogens is 304 g/mol. The number of methoxy groups -OCH3 is 2. The van der Waals surface area contributed by atoms with Gasteiger partial charge < -0.3 is 14.5 Å². The molecule has 0 amide bonds. The number of rotatable bonds is 4. The Balaban J connectivity index is 2.07. The summed E-state index contributed by atoms with van der Waals surface area (Å²) in [5, 5.41) is 0.622. The first-order valence-electron chi connectivity index (χ1n) is 8.53. The third-order valence-electron chi connectivity index (χ3n) is 4.94. The van der Waals surface area contributed by atoms with E-state index in [1.807, 2.05) is 6.92 Å². The average molecular weight is 330 g/mol. The maximum Gasteiger partial charge on any atom is 0.194 e. The second-order valence-corrected chi connectivity index (χ2v) is 6.79. The summed E-state index contributed by atoms with van der Waals surface area (Å²) in [6.45, 7) is 7.05. The largest absolute Gasteiger partial charge is 0.497 e. The minimum Gasteiger partial charge on any atom is -0.497 e. The van der Waals surface area contributed by atoms with Gasteiger partial charge in [-0.25, -0.2) is 0 Å². The van der Waals surface area contributed by atoms with Crippen LogP contribution < -0.4 is 14.9 Å². The van der Waals surface area contributed by atoms with Gasteiger partial charge in [0.05, 0.1) is 25.1 Å². The van der Waals surface area contributed by atoms with Crippen molar-refractivity contribution in [2.75, 3.05) is 27.3 Å². The van der Waals surface area contributed by atoms with E-state index < -0.39 is 0 Å². The van der Waals surface area contributed by atoms with E-state index in [9.17, 15) is 4.79 Å². The number of H-pyrrole nitrogens is 1. The first-order chi connectivity index (χ1) is 11.5. The standard InChI is InChI=1S/C19H26N2O3/c1-12-6-5-7-21(10-12)11-16-13(2)20-18-15(19(16)22)8-14(23-3)9-17(18)24-4/h8-9,12H,5-7,10-11H2,1-4H3,(H,20,22)/t12-/m1/s1. The highest BCUT2D eigenvalue weighted by atomic mass is 16.5. The molecule has 2 aromatic rings. The van der Waals surface area contributed by atoms with Crippen molar-refractivity contribution in [3.05, 3.63) is 33.6 Å². The van der Waals surface area contributed by atoms with E-state index >= 15 is 0 Å². The normalized spacial score (nSPS) is 18.8. The zero-order valence-electron chi connectivity index (χ0n) is 14.9. The van der Waals surface area contributed by atoms with Crippen LogP contribution in [-0.2, 0) is 6.54 Å². The fourth-order valence-corrected chi connectivity index (χ4v) is 3.62. The zero-order chi connectivity index (χ0) is 17.3. The maximum absolute atomic E-state index is 13.1. The van der Waals surface area contributed by atoms with Crippen LogP contribution in [0.15, 0.2) is 16.9 Å². The third kappa shape index (κ3) is 3.13. The number of nitrogens with zero attached hydrogens (tertiary/aromatic N) is 1. The number of benzene rings is 1. The number of piperidine rings is 1. The topological polar surface area (TPSA) is 54.6 Å². The SMILES string of the molecule is COc1cc(OC)c2[nH]c(C)c(CN3CCC[C@@H](C)C3)c(=O)c2c1. The van der Waals surface area contributed by atoms with E-state index in [4.69, 9.17) is 9.47 Å². The van der Waals surface area contributed by atoms with Crippen LogP contribution in [0.4, 0.5) is 0 Å². The van der Waals surface area contributed by atoms with E-state index in [0.717, 1.165) is 29.9 Å². The number of nitrogens with one attached hydrogen (secondary N) is 1. The highest BCUT2D eigenvalue weighted by Gasteiger charge is 2.20. The number of fused-ring (bicyclic) bond motifs is 1. The quantitative estimate of drug-likeness (QED) is 0.936. The lowest BCUT2D eigenvalue weighted by molar-refractivity contribution is 0.176. The Morgan fingerprint density at radius 2 is 2.08 bits per heavy atom. The summed E-state index contributed by atoms with van der Waals surface area (Å²) < 4.78 is 10.7. The van der Waals surface area contributed by atoms with Crippen molar-refractivity contribution in [1.29, 1.82) is 0 Å². The number of aromatic amines is 1. The van der Waals surface area contributed by atoms with E-state index in [2.05, 4.69) is 16.8 Å². The number of hydrogen-bond acceptors (Lipinski definition) is 4. The molecule has 0 bridgehead atoms. The van der Waals surface area contributed by atoms with E-state index in [-0.39, 0.29) is 5.43 Å². The summed E-state index contributed by atoms with van der Waals surface area (Å²) in [4.78, 5) is 18.8. The lowest BCUT2D eigenvalue weighted by atomic mass is 9.99. The van der Waals surface area contributed by atoms with Crippen LogP contribution >= 0.6 is 0 Å². The Labute approximate surface area is 142 Å². The molecule has 1 aliphatic heterocycles. The molecule has 5 nitrogen and oxygen atoms in total. The van der Waals surface area contributed by atoms with Gasteiger partial charge in [-0.05, 0) is 38.3 Å². The molecular formula is C19H26N2O3. The molecule has 1 aromatic heterocycles. The number of ether oxygens (including phenoxy) is 2. The third-order valence-corrected chi connectivity index (χ3v) is 4.94. The molecule has 1 atom stereocenters. The van der Waals surface area contributed by atoms with Crippen LogP contribution in [0, 0.1) is 12.8 Å². The Morgan fingerprint density at radius 3 is 2.75 bits per heavy atom. The molecule has 1 aromatic carbocycles. The zero-order valence-corrected chi connectivity index (χ0v) is 14.9. The molecule has 2 heterocycles. The maximum atomic E-state index is 13.1. The van der Waals surface area contributed by atoms with Crippen molar-refractivity contribution in [1.82, 2.24) is 9.88 Å². The highest BCUT2D eigenvalue weighted by molar-refractivity contribution is 5.86. The molecule has 1 fully saturated rings. The van der Waals surface area contributed by atoms with Crippen LogP contribution in [0.25, 0.3) is 10.9 Å². The molecule has 0 saturated carbocycles. The summed E-state index contributed by atoms with van der Waals surface area (Å²) in [7, 11) is 3.20. The molecule has 0 radical (unpaired) electrons. The summed E-state index contributed by atoms with van der Waals surface area (Å²) in [6, 6.07) is 3.59. The van der Waals surface area contributed by atoms with Gasteiger partial charge >= 0.3 is 0 Å². The summed E-state index contributed by atoms with van der Waals surface area (Å²) in [5.41, 5.74) is 2.55. The van der Waals surface area contributed by atoms with Crippen molar-refractivity contribution < 1.29 is 9.47 Å². The van der Waals surface area contributed by atoms with Gasteiger partial charge in [0.25, 0.3) is 0 Å². The molecule has 130 valence electrons. The van der Waals surface area contributed by atoms with Gasteiger partial charge in [0.2, 0.25) is 0 Å². The van der Waals surface area contributed by atoms with Gasteiger partial charge in [0.15, 0.2) is 5.43 Å². The molecule has 1 aliphatic rings. The monoisotopic (exact) mass is 330 g/mol.